The fourth-order valence-corrected chi connectivity index (χ4v) is 5.05. The molecule has 6 nitrogen and oxygen atoms in total. The van der Waals surface area contributed by atoms with Crippen LogP contribution < -0.4 is 0 Å². The summed E-state index contributed by atoms with van der Waals surface area (Å²) in [6, 6.07) is 0. The lowest BCUT2D eigenvalue weighted by molar-refractivity contribution is -0.298. The van der Waals surface area contributed by atoms with Crippen molar-refractivity contribution in [3.8, 4) is 0 Å². The van der Waals surface area contributed by atoms with Crippen LogP contribution in [-0.4, -0.2) is 34.9 Å². The molecule has 0 saturated carbocycles. The molecular weight excluding hydrogens is 408 g/mol. The van der Waals surface area contributed by atoms with Crippen LogP contribution in [0.1, 0.15) is 41.0 Å². The molecule has 0 aromatic rings. The standard InChI is InChI=1S/C23H27ClO6/c1-6-11(2)7-8-14-9-15-16(10-28-14)17-20(19(25)18(15)24)30-23(27)12(3)13(4)29-21(26)22(17,23)5/h7-13,17,20,27H,6H2,1-5H3. The van der Waals surface area contributed by atoms with Gasteiger partial charge in [0.05, 0.1) is 11.3 Å². The minimum atomic E-state index is -1.86. The van der Waals surface area contributed by atoms with E-state index < -0.39 is 47.0 Å². The highest BCUT2D eigenvalue weighted by atomic mass is 35.5. The third-order valence-electron chi connectivity index (χ3n) is 7.21. The number of hydrogen-bond donors (Lipinski definition) is 1. The topological polar surface area (TPSA) is 82.1 Å². The molecule has 2 saturated heterocycles. The third-order valence-corrected chi connectivity index (χ3v) is 7.60. The number of carbonyl (C=O) groups excluding carboxylic acids is 2. The lowest BCUT2D eigenvalue weighted by Crippen LogP contribution is -2.63. The lowest BCUT2D eigenvalue weighted by atomic mass is 9.60. The molecule has 2 fully saturated rings. The normalized spacial score (nSPS) is 41.4. The molecule has 7 heteroatoms. The molecule has 4 rings (SSSR count). The Balaban J connectivity index is 1.79. The highest BCUT2D eigenvalue weighted by Gasteiger charge is 2.75. The second-order valence-corrected chi connectivity index (χ2v) is 9.27. The highest BCUT2D eigenvalue weighted by molar-refractivity contribution is 6.44. The number of halogens is 1. The Morgan fingerprint density at radius 1 is 1.33 bits per heavy atom. The number of esters is 1. The molecule has 3 aliphatic heterocycles. The number of hydrogen-bond acceptors (Lipinski definition) is 6. The summed E-state index contributed by atoms with van der Waals surface area (Å²) in [5, 5.41) is 11.5. The number of Topliss-reactive ketones (excluding diaryl/α,β-unsaturated/α-hetero) is 1. The van der Waals surface area contributed by atoms with E-state index in [2.05, 4.69) is 13.8 Å². The first-order chi connectivity index (χ1) is 14.1. The van der Waals surface area contributed by atoms with Crippen molar-refractivity contribution < 1.29 is 28.9 Å². The van der Waals surface area contributed by atoms with Crippen molar-refractivity contribution in [3.63, 3.8) is 0 Å². The minimum absolute atomic E-state index is 0.0140. The van der Waals surface area contributed by atoms with E-state index in [0.29, 0.717) is 22.8 Å². The molecule has 30 heavy (non-hydrogen) atoms. The van der Waals surface area contributed by atoms with Crippen LogP contribution in [0.25, 0.3) is 0 Å². The van der Waals surface area contributed by atoms with Crippen molar-refractivity contribution >= 4 is 23.4 Å². The van der Waals surface area contributed by atoms with Gasteiger partial charge in [-0.2, -0.15) is 0 Å². The Morgan fingerprint density at radius 3 is 2.70 bits per heavy atom. The van der Waals surface area contributed by atoms with Gasteiger partial charge in [0.15, 0.2) is 5.79 Å². The number of carbonyl (C=O) groups is 2. The van der Waals surface area contributed by atoms with Gasteiger partial charge in [0.2, 0.25) is 5.78 Å². The minimum Gasteiger partial charge on any atom is -0.465 e. The van der Waals surface area contributed by atoms with Crippen LogP contribution in [0.15, 0.2) is 46.4 Å². The number of rotatable bonds is 3. The quantitative estimate of drug-likeness (QED) is 0.681. The molecule has 0 bridgehead atoms. The fraction of sp³-hybridized carbons (Fsp3) is 0.565. The smallest absolute Gasteiger partial charge is 0.318 e. The van der Waals surface area contributed by atoms with Crippen LogP contribution in [0.4, 0.5) is 0 Å². The largest absolute Gasteiger partial charge is 0.465 e. The SMILES string of the molecule is CCC(C)C=CC1=CC2=C(Cl)C(=O)C3OC4(O)C(C)C(C)OC(=O)C4(C)C3C2=CO1. The van der Waals surface area contributed by atoms with Gasteiger partial charge < -0.3 is 19.3 Å². The first-order valence-corrected chi connectivity index (χ1v) is 10.8. The van der Waals surface area contributed by atoms with Crippen molar-refractivity contribution in [2.45, 2.75) is 59.0 Å². The van der Waals surface area contributed by atoms with Gasteiger partial charge in [-0.05, 0) is 31.9 Å². The van der Waals surface area contributed by atoms with Crippen LogP contribution in [0.2, 0.25) is 0 Å². The second-order valence-electron chi connectivity index (χ2n) is 8.89. The zero-order chi connectivity index (χ0) is 22.0. The van der Waals surface area contributed by atoms with Crippen molar-refractivity contribution in [1.29, 1.82) is 0 Å². The molecule has 0 aromatic heterocycles. The lowest BCUT2D eigenvalue weighted by Gasteiger charge is -2.48. The van der Waals surface area contributed by atoms with E-state index in [0.717, 1.165) is 6.42 Å². The maximum Gasteiger partial charge on any atom is 0.318 e. The second kappa shape index (κ2) is 7.08. The molecule has 1 aliphatic carbocycles. The summed E-state index contributed by atoms with van der Waals surface area (Å²) >= 11 is 6.44. The van der Waals surface area contributed by atoms with E-state index in [1.165, 1.54) is 6.26 Å². The monoisotopic (exact) mass is 434 g/mol. The van der Waals surface area contributed by atoms with Crippen molar-refractivity contribution in [2.75, 3.05) is 0 Å². The first-order valence-electron chi connectivity index (χ1n) is 10.4. The first kappa shape index (κ1) is 21.3. The van der Waals surface area contributed by atoms with Gasteiger partial charge in [-0.25, -0.2) is 0 Å². The van der Waals surface area contributed by atoms with Gasteiger partial charge in [-0.15, -0.1) is 0 Å². The van der Waals surface area contributed by atoms with E-state index in [1.54, 1.807) is 26.8 Å². The maximum atomic E-state index is 13.1. The van der Waals surface area contributed by atoms with Crippen molar-refractivity contribution in [1.82, 2.24) is 0 Å². The van der Waals surface area contributed by atoms with Gasteiger partial charge in [-0.3, -0.25) is 9.59 Å². The Morgan fingerprint density at radius 2 is 2.03 bits per heavy atom. The maximum absolute atomic E-state index is 13.1. The summed E-state index contributed by atoms with van der Waals surface area (Å²) in [7, 11) is 0. The molecule has 0 aromatic carbocycles. The van der Waals surface area contributed by atoms with Crippen LogP contribution in [0.5, 0.6) is 0 Å². The molecule has 0 spiro atoms. The number of aliphatic hydroxyl groups is 1. The van der Waals surface area contributed by atoms with Gasteiger partial charge >= 0.3 is 5.97 Å². The summed E-state index contributed by atoms with van der Waals surface area (Å²) in [6.45, 7) is 9.23. The molecule has 1 N–H and O–H groups in total. The van der Waals surface area contributed by atoms with Crippen molar-refractivity contribution in [2.24, 2.45) is 23.2 Å². The average molecular weight is 435 g/mol. The zero-order valence-electron chi connectivity index (χ0n) is 17.8. The molecule has 3 heterocycles. The van der Waals surface area contributed by atoms with Crippen molar-refractivity contribution in [3.05, 3.63) is 46.4 Å². The Kier molecular flexibility index (Phi) is 5.03. The summed E-state index contributed by atoms with van der Waals surface area (Å²) in [4.78, 5) is 26.1. The zero-order valence-corrected chi connectivity index (χ0v) is 18.5. The molecule has 4 aliphatic rings. The van der Waals surface area contributed by atoms with Gasteiger partial charge in [0, 0.05) is 23.0 Å². The van der Waals surface area contributed by atoms with Gasteiger partial charge in [0.25, 0.3) is 0 Å². The summed E-state index contributed by atoms with van der Waals surface area (Å²) in [5.74, 6) is -3.29. The third kappa shape index (κ3) is 2.70. The number of allylic oxidation sites excluding steroid dienone is 4. The average Bonchev–Trinajstić information content (AvgIpc) is 2.98. The number of ketones is 1. The van der Waals surface area contributed by atoms with E-state index in [1.807, 2.05) is 12.2 Å². The molecule has 7 atom stereocenters. The summed E-state index contributed by atoms with van der Waals surface area (Å²) in [6.07, 6.45) is 6.42. The predicted molar refractivity (Wildman–Crippen MR) is 110 cm³/mol. The van der Waals surface area contributed by atoms with E-state index >= 15 is 0 Å². The Labute approximate surface area is 181 Å². The van der Waals surface area contributed by atoms with Crippen LogP contribution in [-0.2, 0) is 23.8 Å². The Bertz CT molecular complexity index is 930. The molecular formula is C23H27ClO6. The van der Waals surface area contributed by atoms with Gasteiger partial charge in [-0.1, -0.05) is 44.9 Å². The number of fused-ring (bicyclic) bond motifs is 5. The fourth-order valence-electron chi connectivity index (χ4n) is 4.78. The molecule has 7 unspecified atom stereocenters. The van der Waals surface area contributed by atoms with Gasteiger partial charge in [0.1, 0.15) is 23.4 Å². The molecule has 162 valence electrons. The van der Waals surface area contributed by atoms with E-state index in [4.69, 9.17) is 25.8 Å². The number of ether oxygens (including phenoxy) is 3. The Hall–Kier alpha value is -1.89. The highest BCUT2D eigenvalue weighted by Crippen LogP contribution is 2.62. The van der Waals surface area contributed by atoms with E-state index in [9.17, 15) is 14.7 Å². The van der Waals surface area contributed by atoms with Crippen LogP contribution in [0, 0.1) is 23.2 Å². The summed E-state index contributed by atoms with van der Waals surface area (Å²) < 4.78 is 17.3. The van der Waals surface area contributed by atoms with E-state index in [-0.39, 0.29) is 5.03 Å². The molecule has 0 amide bonds. The molecule has 0 radical (unpaired) electrons. The predicted octanol–water partition coefficient (Wildman–Crippen LogP) is 3.75. The van der Waals surface area contributed by atoms with Crippen LogP contribution in [0.3, 0.4) is 0 Å². The number of cyclic esters (lactones) is 1. The van der Waals surface area contributed by atoms with Crippen LogP contribution >= 0.6 is 11.6 Å². The summed E-state index contributed by atoms with van der Waals surface area (Å²) in [5.41, 5.74) is -0.427.